The first-order chi connectivity index (χ1) is 17.9. The van der Waals surface area contributed by atoms with Gasteiger partial charge in [0.2, 0.25) is 0 Å². The van der Waals surface area contributed by atoms with Gasteiger partial charge in [0.15, 0.2) is 17.2 Å². The molecular weight excluding hydrogens is 516 g/mol. The number of carbonyl (C=O) groups is 3. The van der Waals surface area contributed by atoms with Crippen molar-refractivity contribution >= 4 is 17.5 Å². The van der Waals surface area contributed by atoms with Crippen LogP contribution in [-0.2, 0) is 26.2 Å². The van der Waals surface area contributed by atoms with Crippen molar-refractivity contribution in [2.24, 2.45) is 5.92 Å². The van der Waals surface area contributed by atoms with Gasteiger partial charge in [-0.1, -0.05) is 40.2 Å². The third-order valence-corrected chi connectivity index (χ3v) is 8.48. The fourth-order valence-corrected chi connectivity index (χ4v) is 6.47. The Morgan fingerprint density at radius 2 is 1.69 bits per heavy atom. The molecule has 1 fully saturated rings. The molecule has 39 heavy (non-hydrogen) atoms. The van der Waals surface area contributed by atoms with Gasteiger partial charge in [-0.25, -0.2) is 4.79 Å². The van der Waals surface area contributed by atoms with Gasteiger partial charge in [-0.3, -0.25) is 9.59 Å². The number of Topliss-reactive ketones (excluding diaryl/α,β-unsaturated/α-hetero) is 2. The van der Waals surface area contributed by atoms with Crippen LogP contribution in [0.3, 0.4) is 0 Å². The maximum atomic E-state index is 14.0. The molecule has 214 valence electrons. The van der Waals surface area contributed by atoms with E-state index in [1.54, 1.807) is 26.8 Å². The maximum absolute atomic E-state index is 14.0. The minimum atomic E-state index is -3.45. The molecule has 3 aliphatic carbocycles. The molecule has 12 heteroatoms. The highest BCUT2D eigenvalue weighted by atomic mass is 16.5. The molecule has 1 aromatic rings. The van der Waals surface area contributed by atoms with Gasteiger partial charge in [0.25, 0.3) is 0 Å². The number of carbonyl (C=O) groups excluding carboxylic acids is 3. The maximum Gasteiger partial charge on any atom is 0.345 e. The van der Waals surface area contributed by atoms with E-state index in [4.69, 9.17) is 0 Å². The molecule has 1 saturated carbocycles. The molecule has 0 spiro atoms. The summed E-state index contributed by atoms with van der Waals surface area (Å²) in [6, 6.07) is 1.57. The zero-order valence-corrected chi connectivity index (χ0v) is 22.2. The summed E-state index contributed by atoms with van der Waals surface area (Å²) >= 11 is 0. The van der Waals surface area contributed by atoms with Crippen LogP contribution in [0.25, 0.3) is 0 Å². The highest BCUT2D eigenvalue weighted by molar-refractivity contribution is 6.19. The average molecular weight is 551 g/mol. The minimum absolute atomic E-state index is 0.233. The van der Waals surface area contributed by atoms with E-state index < -0.39 is 93.0 Å². The number of aliphatic hydroxyl groups excluding tert-OH is 4. The Kier molecular flexibility index (Phi) is 6.58. The van der Waals surface area contributed by atoms with Gasteiger partial charge in [-0.2, -0.15) is 0 Å². The number of phenolic OH excluding ortho intramolecular Hbond substituents is 1. The predicted molar refractivity (Wildman–Crippen MR) is 132 cm³/mol. The van der Waals surface area contributed by atoms with Crippen LogP contribution in [0.4, 0.5) is 0 Å². The second-order valence-electron chi connectivity index (χ2n) is 11.7. The molecule has 8 N–H and O–H groups in total. The summed E-state index contributed by atoms with van der Waals surface area (Å²) in [5.74, 6) is -8.39. The molecule has 0 radical (unpaired) electrons. The lowest BCUT2D eigenvalue weighted by Gasteiger charge is -2.62. The zero-order valence-electron chi connectivity index (χ0n) is 22.2. The Balaban J connectivity index is 2.07. The molecule has 4 rings (SSSR count). The second kappa shape index (κ2) is 8.82. The number of aromatic hydroxyl groups is 1. The number of fused-ring (bicyclic) bond motifs is 3. The molecule has 7 atom stereocenters. The van der Waals surface area contributed by atoms with Crippen molar-refractivity contribution in [1.82, 2.24) is 0 Å². The van der Waals surface area contributed by atoms with Gasteiger partial charge < -0.3 is 45.6 Å². The average Bonchev–Trinajstić information content (AvgIpc) is 2.84. The summed E-state index contributed by atoms with van der Waals surface area (Å²) < 4.78 is 4.45. The van der Waals surface area contributed by atoms with E-state index in [-0.39, 0.29) is 12.0 Å². The van der Waals surface area contributed by atoms with E-state index in [2.05, 4.69) is 4.74 Å². The topological polar surface area (TPSA) is 222 Å². The molecule has 12 nitrogen and oxygen atoms in total. The van der Waals surface area contributed by atoms with Gasteiger partial charge in [0.05, 0.1) is 18.6 Å². The van der Waals surface area contributed by atoms with Gasteiger partial charge >= 0.3 is 5.97 Å². The Bertz CT molecular complexity index is 1310. The van der Waals surface area contributed by atoms with Gasteiger partial charge in [0, 0.05) is 17.5 Å². The summed E-state index contributed by atoms with van der Waals surface area (Å²) in [5.41, 5.74) is -11.7. The largest absolute Gasteiger partial charge is 0.508 e. The Morgan fingerprint density at radius 1 is 1.10 bits per heavy atom. The van der Waals surface area contributed by atoms with Gasteiger partial charge in [0.1, 0.15) is 46.6 Å². The van der Waals surface area contributed by atoms with Crippen LogP contribution in [0.15, 0.2) is 17.4 Å². The quantitative estimate of drug-likeness (QED) is 0.174. The third-order valence-electron chi connectivity index (χ3n) is 8.48. The molecule has 0 aliphatic heterocycles. The van der Waals surface area contributed by atoms with E-state index >= 15 is 0 Å². The lowest BCUT2D eigenvalue weighted by Crippen LogP contribution is -2.84. The smallest absolute Gasteiger partial charge is 0.345 e. The number of benzene rings is 1. The van der Waals surface area contributed by atoms with Crippen LogP contribution in [0, 0.1) is 5.92 Å². The highest BCUT2D eigenvalue weighted by Gasteiger charge is 2.79. The predicted octanol–water partition coefficient (Wildman–Crippen LogP) is -0.625. The van der Waals surface area contributed by atoms with Crippen LogP contribution in [0.5, 0.6) is 5.75 Å². The number of ketones is 2. The van der Waals surface area contributed by atoms with E-state index in [0.717, 1.165) is 7.11 Å². The number of ether oxygens (including phenoxy) is 1. The molecule has 0 amide bonds. The first-order valence-corrected chi connectivity index (χ1v) is 12.6. The summed E-state index contributed by atoms with van der Waals surface area (Å²) in [7, 11) is 0.868. The summed E-state index contributed by atoms with van der Waals surface area (Å²) in [6.45, 7) is 7.11. The van der Waals surface area contributed by atoms with Crippen LogP contribution >= 0.6 is 0 Å². The van der Waals surface area contributed by atoms with Gasteiger partial charge in [-0.15, -0.1) is 0 Å². The van der Waals surface area contributed by atoms with Crippen molar-refractivity contribution < 1.29 is 60.0 Å². The second-order valence-corrected chi connectivity index (χ2v) is 11.7. The molecule has 2 unspecified atom stereocenters. The molecule has 0 saturated heterocycles. The number of rotatable bonds is 3. The third kappa shape index (κ3) is 3.42. The van der Waals surface area contributed by atoms with E-state index in [1.165, 1.54) is 0 Å². The van der Waals surface area contributed by atoms with E-state index in [0.29, 0.717) is 17.5 Å². The van der Waals surface area contributed by atoms with Crippen molar-refractivity contribution in [3.63, 3.8) is 0 Å². The fourth-order valence-electron chi connectivity index (χ4n) is 6.47. The fraction of sp³-hybridized carbons (Fsp3) is 0.593. The summed E-state index contributed by atoms with van der Waals surface area (Å²) in [5, 5.41) is 91.2. The lowest BCUT2D eigenvalue weighted by atomic mass is 9.48. The number of phenols is 1. The van der Waals surface area contributed by atoms with E-state index in [1.807, 2.05) is 6.92 Å². The van der Waals surface area contributed by atoms with Crippen molar-refractivity contribution in [3.8, 4) is 5.75 Å². The molecule has 0 aromatic heterocycles. The molecule has 1 aromatic carbocycles. The lowest BCUT2D eigenvalue weighted by molar-refractivity contribution is -0.336. The molecule has 3 aliphatic rings. The number of aliphatic hydroxyl groups is 7. The number of esters is 1. The van der Waals surface area contributed by atoms with E-state index in [9.17, 15) is 55.2 Å². The molecular formula is C27H34O12. The normalized spacial score (nSPS) is 36.3. The minimum Gasteiger partial charge on any atom is -0.508 e. The van der Waals surface area contributed by atoms with Crippen LogP contribution in [0.1, 0.15) is 73.7 Å². The van der Waals surface area contributed by atoms with Crippen molar-refractivity contribution in [3.05, 3.63) is 39.7 Å². The molecule has 0 bridgehead atoms. The van der Waals surface area contributed by atoms with Crippen LogP contribution in [-0.4, -0.2) is 94.5 Å². The van der Waals surface area contributed by atoms with Crippen molar-refractivity contribution in [1.29, 1.82) is 0 Å². The SMILES string of the molecule is CCCc1cc(C(C)(C)C)c(O)c2c1[C@@H](O)[C@@]1(O)C(C2=O)C(O)[C@@]2(O)C(O)=C(C(=O)OC)C(=O)C[C@@]2(O)[C@@H]1O. The summed E-state index contributed by atoms with van der Waals surface area (Å²) in [6.07, 6.45) is -8.13. The first-order valence-electron chi connectivity index (χ1n) is 12.6. The van der Waals surface area contributed by atoms with Crippen molar-refractivity contribution in [2.75, 3.05) is 7.11 Å². The Hall–Kier alpha value is -2.87. The Morgan fingerprint density at radius 3 is 2.21 bits per heavy atom. The molecule has 0 heterocycles. The van der Waals surface area contributed by atoms with Crippen LogP contribution in [0.2, 0.25) is 0 Å². The zero-order chi connectivity index (χ0) is 29.6. The highest BCUT2D eigenvalue weighted by Crippen LogP contribution is 2.60. The van der Waals surface area contributed by atoms with Crippen molar-refractivity contribution in [2.45, 2.75) is 87.5 Å². The number of hydrogen-bond acceptors (Lipinski definition) is 12. The van der Waals surface area contributed by atoms with Crippen LogP contribution < -0.4 is 0 Å². The summed E-state index contributed by atoms with van der Waals surface area (Å²) in [4.78, 5) is 39.0. The number of hydrogen-bond donors (Lipinski definition) is 8. The number of aryl methyl sites for hydroxylation is 1. The monoisotopic (exact) mass is 550 g/mol. The first kappa shape index (κ1) is 29.1. The van der Waals surface area contributed by atoms with Gasteiger partial charge in [-0.05, 0) is 17.4 Å². The number of methoxy groups -OCH3 is 1. The standard InChI is InChI=1S/C27H34O12/c1-6-7-10-8-11(24(2,3)4)17(29)15-13(10)19(31)26(37)16(18(15)30)21(33)27(38)20(32)14(22(34)39-5)12(28)9-25(27,36)23(26)35/h8,16,19,21,23,29,31-33,35-38H,6-7,9H2,1-5H3/t16?,19-,21?,23+,25-,26+,27+/m1/s1. The Labute approximate surface area is 223 Å².